The average molecular weight is 556 g/mol. The molecule has 0 radical (unpaired) electrons. The molecular weight excluding hydrogens is 523 g/mol. The minimum Gasteiger partial charge on any atom is -0.403 e. The molecule has 3 N–H and O–H groups in total. The zero-order valence-electron chi connectivity index (χ0n) is 21.8. The van der Waals surface area contributed by atoms with Crippen molar-refractivity contribution in [2.75, 3.05) is 5.73 Å². The minimum atomic E-state index is -4.62. The van der Waals surface area contributed by atoms with Crippen molar-refractivity contribution in [3.63, 3.8) is 0 Å². The topological polar surface area (TPSA) is 115 Å². The lowest BCUT2D eigenvalue weighted by atomic mass is 9.98. The molecular formula is C25H32F3N3O4SSi. The first-order chi connectivity index (χ1) is 16.8. The number of nitrogens with zero attached hydrogens (tertiary/aromatic N) is 1. The van der Waals surface area contributed by atoms with E-state index in [-0.39, 0.29) is 38.0 Å². The zero-order valence-corrected chi connectivity index (χ0v) is 23.6. The predicted octanol–water partition coefficient (Wildman–Crippen LogP) is 6.29. The van der Waals surface area contributed by atoms with E-state index in [9.17, 15) is 26.4 Å². The number of carbonyl (C=O) groups excluding carboxylic acids is 1. The van der Waals surface area contributed by atoms with Gasteiger partial charge in [-0.05, 0) is 61.8 Å². The molecule has 0 amide bonds. The molecule has 37 heavy (non-hydrogen) atoms. The molecule has 1 aromatic heterocycles. The van der Waals surface area contributed by atoms with Gasteiger partial charge < -0.3 is 15.1 Å². The molecule has 202 valence electrons. The number of nitrogens with two attached hydrogens (primary N) is 1. The molecule has 0 saturated heterocycles. The minimum absolute atomic E-state index is 0.0298. The number of hydrogen-bond acceptors (Lipinski definition) is 6. The number of fused-ring (bicyclic) bond motifs is 1. The number of rotatable bonds is 7. The van der Waals surface area contributed by atoms with Gasteiger partial charge in [0.1, 0.15) is 11.6 Å². The Balaban J connectivity index is 2.26. The van der Waals surface area contributed by atoms with Gasteiger partial charge in [0.05, 0.1) is 21.2 Å². The van der Waals surface area contributed by atoms with Crippen molar-refractivity contribution in [2.45, 2.75) is 75.2 Å². The molecule has 1 heterocycles. The number of carbonyl (C=O) groups is 1. The van der Waals surface area contributed by atoms with Gasteiger partial charge in [-0.2, -0.15) is 13.2 Å². The monoisotopic (exact) mass is 555 g/mol. The summed E-state index contributed by atoms with van der Waals surface area (Å²) in [5, 5.41) is -1.18. The number of nitrogen functional groups attached to an aromatic ring is 1. The second-order valence-corrected chi connectivity index (χ2v) is 18.1. The van der Waals surface area contributed by atoms with Gasteiger partial charge in [0.25, 0.3) is 0 Å². The molecule has 12 heteroatoms. The number of anilines is 1. The summed E-state index contributed by atoms with van der Waals surface area (Å²) in [5.41, 5.74) is 5.15. The van der Waals surface area contributed by atoms with Crippen LogP contribution in [0.1, 0.15) is 62.2 Å². The third kappa shape index (κ3) is 5.75. The van der Waals surface area contributed by atoms with Crippen LogP contribution < -0.4 is 5.73 Å². The van der Waals surface area contributed by atoms with Gasteiger partial charge in [-0.3, -0.25) is 4.79 Å². The summed E-state index contributed by atoms with van der Waals surface area (Å²) < 4.78 is 73.2. The molecule has 1 atom stereocenters. The molecule has 3 rings (SSSR count). The fraction of sp³-hybridized carbons (Fsp3) is 0.440. The van der Waals surface area contributed by atoms with Crippen LogP contribution in [0.5, 0.6) is 0 Å². The Hall–Kier alpha value is -2.70. The normalized spacial score (nSPS) is 14.4. The lowest BCUT2D eigenvalue weighted by molar-refractivity contribution is -0.137. The number of imidazole rings is 1. The van der Waals surface area contributed by atoms with Crippen LogP contribution in [0.15, 0.2) is 41.3 Å². The first-order valence-electron chi connectivity index (χ1n) is 11.7. The average Bonchev–Trinajstić information content (AvgIpc) is 3.14. The number of aromatic amines is 1. The van der Waals surface area contributed by atoms with E-state index in [0.717, 1.165) is 12.1 Å². The number of hydrogen-bond donors (Lipinski definition) is 2. The van der Waals surface area contributed by atoms with Gasteiger partial charge in [-0.15, -0.1) is 0 Å². The van der Waals surface area contributed by atoms with E-state index < -0.39 is 47.0 Å². The summed E-state index contributed by atoms with van der Waals surface area (Å²) in [7, 11) is -6.58. The van der Waals surface area contributed by atoms with E-state index in [4.69, 9.17) is 10.2 Å². The van der Waals surface area contributed by atoms with Crippen molar-refractivity contribution in [1.29, 1.82) is 0 Å². The van der Waals surface area contributed by atoms with E-state index in [2.05, 4.69) is 9.97 Å². The van der Waals surface area contributed by atoms with Gasteiger partial charge in [0.15, 0.2) is 29.9 Å². The Labute approximate surface area is 215 Å². The predicted molar refractivity (Wildman–Crippen MR) is 140 cm³/mol. The largest absolute Gasteiger partial charge is 0.416 e. The van der Waals surface area contributed by atoms with E-state index in [1.165, 1.54) is 38.1 Å². The van der Waals surface area contributed by atoms with Crippen molar-refractivity contribution in [1.82, 2.24) is 9.97 Å². The van der Waals surface area contributed by atoms with Crippen LogP contribution in [0.2, 0.25) is 18.1 Å². The number of ketones is 1. The van der Waals surface area contributed by atoms with Gasteiger partial charge in [-0.25, -0.2) is 13.4 Å². The number of alkyl halides is 3. The van der Waals surface area contributed by atoms with Crippen LogP contribution in [-0.2, 0) is 20.4 Å². The highest BCUT2D eigenvalue weighted by Crippen LogP contribution is 2.42. The van der Waals surface area contributed by atoms with Crippen LogP contribution in [0, 0.1) is 0 Å². The fourth-order valence-corrected chi connectivity index (χ4v) is 5.90. The lowest BCUT2D eigenvalue weighted by Gasteiger charge is -2.39. The standard InChI is InChI=1S/C25H32F3N3O4SSi/c1-14(2)36(33,34)19-13-16(12-18-20(19)31-23(29)30-18)21(32)22(35-37(6,7)24(3,4)5)15-9-8-10-17(11-15)25(26,27)28/h8-14,22H,1-7H3,(H3,29,30,31). The summed E-state index contributed by atoms with van der Waals surface area (Å²) >= 11 is 0. The van der Waals surface area contributed by atoms with E-state index in [1.807, 2.05) is 33.9 Å². The van der Waals surface area contributed by atoms with Crippen molar-refractivity contribution in [3.8, 4) is 0 Å². The van der Waals surface area contributed by atoms with Crippen molar-refractivity contribution in [3.05, 3.63) is 53.1 Å². The second kappa shape index (κ2) is 9.55. The molecule has 0 aliphatic heterocycles. The van der Waals surface area contributed by atoms with Gasteiger partial charge in [-0.1, -0.05) is 32.9 Å². The van der Waals surface area contributed by atoms with Crippen LogP contribution in [0.4, 0.5) is 19.1 Å². The summed E-state index contributed by atoms with van der Waals surface area (Å²) in [4.78, 5) is 20.6. The van der Waals surface area contributed by atoms with Gasteiger partial charge >= 0.3 is 6.18 Å². The molecule has 2 aromatic carbocycles. The van der Waals surface area contributed by atoms with Crippen LogP contribution in [0.3, 0.4) is 0 Å². The summed E-state index contributed by atoms with van der Waals surface area (Å²) in [6.07, 6.45) is -6.01. The number of aromatic nitrogens is 2. The Morgan fingerprint density at radius 2 is 1.73 bits per heavy atom. The molecule has 0 fully saturated rings. The van der Waals surface area contributed by atoms with E-state index in [0.29, 0.717) is 0 Å². The van der Waals surface area contributed by atoms with E-state index >= 15 is 0 Å². The molecule has 0 spiro atoms. The number of Topliss-reactive ketones (excluding diaryl/α,β-unsaturated/α-hetero) is 1. The Morgan fingerprint density at radius 3 is 2.27 bits per heavy atom. The SMILES string of the molecule is CC(C)S(=O)(=O)c1cc(C(=O)C(O[Si](C)(C)C(C)(C)C)c2cccc(C(F)(F)F)c2)cc2[nH]c(N)nc12. The number of halogens is 3. The zero-order chi connectivity index (χ0) is 28.1. The van der Waals surface area contributed by atoms with Gasteiger partial charge in [0.2, 0.25) is 0 Å². The van der Waals surface area contributed by atoms with Gasteiger partial charge in [0, 0.05) is 5.56 Å². The van der Waals surface area contributed by atoms with Crippen molar-refractivity contribution >= 4 is 40.9 Å². The van der Waals surface area contributed by atoms with Crippen LogP contribution in [0.25, 0.3) is 11.0 Å². The molecule has 0 aliphatic carbocycles. The lowest BCUT2D eigenvalue weighted by Crippen LogP contribution is -2.43. The molecule has 0 saturated carbocycles. The maximum atomic E-state index is 14.0. The fourth-order valence-electron chi connectivity index (χ4n) is 3.49. The van der Waals surface area contributed by atoms with Crippen LogP contribution >= 0.6 is 0 Å². The number of nitrogens with one attached hydrogen (secondary N) is 1. The molecule has 7 nitrogen and oxygen atoms in total. The Bertz CT molecular complexity index is 1440. The Morgan fingerprint density at radius 1 is 1.11 bits per heavy atom. The highest BCUT2D eigenvalue weighted by atomic mass is 32.2. The highest BCUT2D eigenvalue weighted by molar-refractivity contribution is 7.92. The van der Waals surface area contributed by atoms with Crippen LogP contribution in [-0.4, -0.2) is 37.7 Å². The first kappa shape index (κ1) is 28.9. The molecule has 1 unspecified atom stereocenters. The van der Waals surface area contributed by atoms with Crippen molar-refractivity contribution < 1.29 is 30.8 Å². The first-order valence-corrected chi connectivity index (χ1v) is 16.1. The number of sulfone groups is 1. The third-order valence-corrected chi connectivity index (χ3v) is 13.4. The number of H-pyrrole nitrogens is 1. The molecule has 3 aromatic rings. The maximum Gasteiger partial charge on any atom is 0.416 e. The highest BCUT2D eigenvalue weighted by Gasteiger charge is 2.42. The van der Waals surface area contributed by atoms with E-state index in [1.54, 1.807) is 0 Å². The Kier molecular flexibility index (Phi) is 7.45. The summed E-state index contributed by atoms with van der Waals surface area (Å²) in [5.74, 6) is -0.703. The summed E-state index contributed by atoms with van der Waals surface area (Å²) in [6.45, 7) is 12.6. The smallest absolute Gasteiger partial charge is 0.403 e. The molecule has 0 aliphatic rings. The maximum absolute atomic E-state index is 14.0. The quantitative estimate of drug-likeness (QED) is 0.261. The number of benzene rings is 2. The third-order valence-electron chi connectivity index (χ3n) is 6.76. The second-order valence-electron chi connectivity index (χ2n) is 10.8. The molecule has 0 bridgehead atoms. The summed E-state index contributed by atoms with van der Waals surface area (Å²) in [6, 6.07) is 7.05. The van der Waals surface area contributed by atoms with Crippen molar-refractivity contribution in [2.24, 2.45) is 0 Å².